The van der Waals surface area contributed by atoms with Crippen LogP contribution in [0.2, 0.25) is 0 Å². The third-order valence-electron chi connectivity index (χ3n) is 5.40. The second kappa shape index (κ2) is 5.94. The molecule has 112 valence electrons. The molecule has 2 nitrogen and oxygen atoms in total. The highest BCUT2D eigenvalue weighted by Crippen LogP contribution is 2.37. The summed E-state index contributed by atoms with van der Waals surface area (Å²) in [7, 11) is 0. The summed E-state index contributed by atoms with van der Waals surface area (Å²) in [5.74, 6) is 0.985. The predicted molar refractivity (Wildman–Crippen MR) is 85.0 cm³/mol. The fourth-order valence-corrected chi connectivity index (χ4v) is 4.01. The van der Waals surface area contributed by atoms with Crippen molar-refractivity contribution in [2.24, 2.45) is 5.92 Å². The van der Waals surface area contributed by atoms with Gasteiger partial charge in [-0.25, -0.2) is 0 Å². The lowest BCUT2D eigenvalue weighted by Gasteiger charge is -2.45. The summed E-state index contributed by atoms with van der Waals surface area (Å²) in [6.07, 6.45) is 9.46. The van der Waals surface area contributed by atoms with E-state index in [1.807, 2.05) is 0 Å². The van der Waals surface area contributed by atoms with Crippen LogP contribution in [0, 0.1) is 5.92 Å². The van der Waals surface area contributed by atoms with E-state index < -0.39 is 0 Å². The van der Waals surface area contributed by atoms with Gasteiger partial charge in [0, 0.05) is 12.6 Å². The van der Waals surface area contributed by atoms with Gasteiger partial charge < -0.3 is 4.74 Å². The monoisotopic (exact) mass is 283 g/mol. The van der Waals surface area contributed by atoms with Crippen LogP contribution in [0.3, 0.4) is 0 Å². The van der Waals surface area contributed by atoms with E-state index in [2.05, 4.69) is 41.3 Å². The molecule has 2 aliphatic heterocycles. The fourth-order valence-electron chi connectivity index (χ4n) is 4.01. The van der Waals surface area contributed by atoms with Crippen LogP contribution in [-0.4, -0.2) is 30.2 Å². The van der Waals surface area contributed by atoms with Crippen molar-refractivity contribution in [2.45, 2.75) is 50.7 Å². The van der Waals surface area contributed by atoms with Crippen molar-refractivity contribution in [1.29, 1.82) is 0 Å². The van der Waals surface area contributed by atoms with Crippen LogP contribution >= 0.6 is 0 Å². The molecule has 1 saturated heterocycles. The van der Waals surface area contributed by atoms with Crippen LogP contribution < -0.4 is 0 Å². The Morgan fingerprint density at radius 3 is 2.67 bits per heavy atom. The molecule has 0 radical (unpaired) electrons. The Labute approximate surface area is 127 Å². The van der Waals surface area contributed by atoms with Gasteiger partial charge in [0.2, 0.25) is 0 Å². The summed E-state index contributed by atoms with van der Waals surface area (Å²) in [5, 5.41) is 0. The first-order valence-corrected chi connectivity index (χ1v) is 8.45. The Bertz CT molecular complexity index is 506. The summed E-state index contributed by atoms with van der Waals surface area (Å²) >= 11 is 0. The zero-order valence-corrected chi connectivity index (χ0v) is 12.7. The molecule has 21 heavy (non-hydrogen) atoms. The maximum atomic E-state index is 5.81. The zero-order chi connectivity index (χ0) is 14.1. The number of nitrogens with zero attached hydrogens (tertiary/aromatic N) is 1. The van der Waals surface area contributed by atoms with Crippen LogP contribution in [0.4, 0.5) is 0 Å². The van der Waals surface area contributed by atoms with Crippen molar-refractivity contribution in [2.75, 3.05) is 13.2 Å². The first kappa shape index (κ1) is 13.5. The summed E-state index contributed by atoms with van der Waals surface area (Å²) in [5.41, 5.74) is 3.13. The number of ether oxygens (including phenoxy) is 1. The molecule has 2 heteroatoms. The van der Waals surface area contributed by atoms with Crippen molar-refractivity contribution < 1.29 is 4.74 Å². The lowest BCUT2D eigenvalue weighted by atomic mass is 9.78. The van der Waals surface area contributed by atoms with Gasteiger partial charge in [0.05, 0.1) is 19.3 Å². The van der Waals surface area contributed by atoms with Crippen LogP contribution in [-0.2, 0) is 11.3 Å². The fraction of sp³-hybridized carbons (Fsp3) is 0.579. The van der Waals surface area contributed by atoms with Crippen LogP contribution in [0.15, 0.2) is 42.0 Å². The molecule has 0 spiro atoms. The third-order valence-corrected chi connectivity index (χ3v) is 5.40. The van der Waals surface area contributed by atoms with Crippen LogP contribution in [0.5, 0.6) is 0 Å². The molecule has 0 amide bonds. The molecule has 2 atom stereocenters. The van der Waals surface area contributed by atoms with Crippen molar-refractivity contribution >= 4 is 0 Å². The highest BCUT2D eigenvalue weighted by Gasteiger charge is 2.35. The highest BCUT2D eigenvalue weighted by atomic mass is 16.5. The molecule has 3 aliphatic rings. The van der Waals surface area contributed by atoms with Crippen LogP contribution in [0.1, 0.15) is 37.7 Å². The van der Waals surface area contributed by atoms with E-state index >= 15 is 0 Å². The Kier molecular flexibility index (Phi) is 3.83. The molecule has 1 aliphatic carbocycles. The number of fused-ring (bicyclic) bond motifs is 2. The van der Waals surface area contributed by atoms with E-state index in [0.717, 1.165) is 25.7 Å². The molecule has 0 aromatic heterocycles. The minimum atomic E-state index is 0.493. The number of hydrogen-bond acceptors (Lipinski definition) is 2. The lowest BCUT2D eigenvalue weighted by molar-refractivity contribution is -0.0446. The summed E-state index contributed by atoms with van der Waals surface area (Å²) in [6.45, 7) is 2.84. The average molecular weight is 283 g/mol. The number of benzene rings is 1. The molecule has 2 heterocycles. The van der Waals surface area contributed by atoms with Gasteiger partial charge in [-0.2, -0.15) is 0 Å². The summed E-state index contributed by atoms with van der Waals surface area (Å²) < 4.78 is 5.81. The minimum absolute atomic E-state index is 0.493. The minimum Gasteiger partial charge on any atom is -0.378 e. The van der Waals surface area contributed by atoms with E-state index in [9.17, 15) is 0 Å². The molecule has 2 fully saturated rings. The van der Waals surface area contributed by atoms with E-state index in [0.29, 0.717) is 12.1 Å². The Morgan fingerprint density at radius 2 is 1.95 bits per heavy atom. The lowest BCUT2D eigenvalue weighted by Crippen LogP contribution is -2.53. The molecule has 2 unspecified atom stereocenters. The summed E-state index contributed by atoms with van der Waals surface area (Å²) in [4.78, 5) is 2.66. The van der Waals surface area contributed by atoms with Gasteiger partial charge >= 0.3 is 0 Å². The van der Waals surface area contributed by atoms with Gasteiger partial charge in [-0.3, -0.25) is 4.90 Å². The SMILES string of the molecule is C1=C(CC2CCC2)CC2COCC1N2Cc1ccccc1. The maximum Gasteiger partial charge on any atom is 0.0658 e. The quantitative estimate of drug-likeness (QED) is 0.780. The molecule has 2 bridgehead atoms. The predicted octanol–water partition coefficient (Wildman–Crippen LogP) is 3.78. The second-order valence-corrected chi connectivity index (χ2v) is 6.95. The van der Waals surface area contributed by atoms with E-state index in [4.69, 9.17) is 4.74 Å². The topological polar surface area (TPSA) is 12.5 Å². The molecule has 1 saturated carbocycles. The Balaban J connectivity index is 1.48. The molecule has 1 aromatic rings. The van der Waals surface area contributed by atoms with Crippen LogP contribution in [0.25, 0.3) is 0 Å². The first-order chi connectivity index (χ1) is 10.4. The normalized spacial score (nSPS) is 29.8. The Hall–Kier alpha value is -1.12. The molecule has 0 N–H and O–H groups in total. The number of hydrogen-bond donors (Lipinski definition) is 0. The maximum absolute atomic E-state index is 5.81. The van der Waals surface area contributed by atoms with Gasteiger partial charge in [-0.05, 0) is 24.3 Å². The van der Waals surface area contributed by atoms with Crippen molar-refractivity contribution in [3.63, 3.8) is 0 Å². The van der Waals surface area contributed by atoms with Crippen molar-refractivity contribution in [3.8, 4) is 0 Å². The highest BCUT2D eigenvalue weighted by molar-refractivity contribution is 5.20. The van der Waals surface area contributed by atoms with Gasteiger partial charge in [0.15, 0.2) is 0 Å². The number of rotatable bonds is 4. The number of morpholine rings is 1. The average Bonchev–Trinajstić information content (AvgIpc) is 2.44. The van der Waals surface area contributed by atoms with Crippen molar-refractivity contribution in [1.82, 2.24) is 4.90 Å². The Morgan fingerprint density at radius 1 is 1.10 bits per heavy atom. The standard InChI is InChI=1S/C19H25NO/c1-2-5-16(6-3-1)12-20-18-10-17(9-15-7-4-8-15)11-19(20)14-21-13-18/h1-3,5-6,10,15,18-19H,4,7-9,11-14H2. The van der Waals surface area contributed by atoms with Gasteiger partial charge in [-0.15, -0.1) is 0 Å². The molecule has 1 aromatic carbocycles. The largest absolute Gasteiger partial charge is 0.378 e. The van der Waals surface area contributed by atoms with E-state index in [-0.39, 0.29) is 0 Å². The van der Waals surface area contributed by atoms with Gasteiger partial charge in [0.25, 0.3) is 0 Å². The smallest absolute Gasteiger partial charge is 0.0658 e. The van der Waals surface area contributed by atoms with E-state index in [1.165, 1.54) is 37.7 Å². The molecular weight excluding hydrogens is 258 g/mol. The second-order valence-electron chi connectivity index (χ2n) is 6.95. The first-order valence-electron chi connectivity index (χ1n) is 8.45. The van der Waals surface area contributed by atoms with Gasteiger partial charge in [0.1, 0.15) is 0 Å². The van der Waals surface area contributed by atoms with Gasteiger partial charge in [-0.1, -0.05) is 61.2 Å². The van der Waals surface area contributed by atoms with E-state index in [1.54, 1.807) is 5.57 Å². The summed E-state index contributed by atoms with van der Waals surface area (Å²) in [6, 6.07) is 11.9. The molecular formula is C19H25NO. The third kappa shape index (κ3) is 2.93. The van der Waals surface area contributed by atoms with Crippen molar-refractivity contribution in [3.05, 3.63) is 47.5 Å². The zero-order valence-electron chi connectivity index (χ0n) is 12.7. The molecule has 4 rings (SSSR count).